The van der Waals surface area contributed by atoms with E-state index in [1.807, 2.05) is 0 Å². The highest BCUT2D eigenvalue weighted by Gasteiger charge is 2.26. The molecule has 0 aliphatic heterocycles. The minimum atomic E-state index is -4.20. The van der Waals surface area contributed by atoms with Crippen LogP contribution in [0.25, 0.3) is 0 Å². The zero-order valence-corrected chi connectivity index (χ0v) is 7.78. The predicted octanol–water partition coefficient (Wildman–Crippen LogP) is 1.96. The van der Waals surface area contributed by atoms with E-state index in [9.17, 15) is 13.2 Å². The van der Waals surface area contributed by atoms with E-state index in [2.05, 4.69) is 17.0 Å². The number of hydrogen-bond acceptors (Lipinski definition) is 2. The molecule has 0 aromatic rings. The molecule has 2 nitrogen and oxygen atoms in total. The van der Waals surface area contributed by atoms with Crippen molar-refractivity contribution < 1.29 is 17.9 Å². The van der Waals surface area contributed by atoms with E-state index in [-0.39, 0.29) is 6.61 Å². The molecule has 0 fully saturated rings. The summed E-state index contributed by atoms with van der Waals surface area (Å²) in [6.45, 7) is 2.34. The second kappa shape index (κ2) is 7.15. The molecule has 0 spiro atoms. The summed E-state index contributed by atoms with van der Waals surface area (Å²) in [7, 11) is 0. The van der Waals surface area contributed by atoms with E-state index < -0.39 is 12.8 Å². The molecule has 0 aromatic heterocycles. The maximum atomic E-state index is 11.5. The molecule has 0 bridgehead atoms. The predicted molar refractivity (Wildman–Crippen MR) is 44.7 cm³/mol. The first-order valence-electron chi connectivity index (χ1n) is 4.41. The second-order valence-corrected chi connectivity index (χ2v) is 2.77. The van der Waals surface area contributed by atoms with Gasteiger partial charge >= 0.3 is 6.18 Å². The number of rotatable bonds is 7. The van der Waals surface area contributed by atoms with Gasteiger partial charge in [-0.3, -0.25) is 0 Å². The Balaban J connectivity index is 3.00. The summed E-state index contributed by atoms with van der Waals surface area (Å²) in [6.07, 6.45) is -2.08. The average Bonchev–Trinajstić information content (AvgIpc) is 2.01. The van der Waals surface area contributed by atoms with Crippen LogP contribution in [0, 0.1) is 0 Å². The molecule has 0 heterocycles. The van der Waals surface area contributed by atoms with Crippen LogP contribution in [0.5, 0.6) is 0 Å². The molecule has 0 amide bonds. The van der Waals surface area contributed by atoms with Crippen molar-refractivity contribution in [3.05, 3.63) is 0 Å². The lowest BCUT2D eigenvalue weighted by atomic mass is 10.3. The summed E-state index contributed by atoms with van der Waals surface area (Å²) in [4.78, 5) is 0. The molecule has 0 aliphatic carbocycles. The fraction of sp³-hybridized carbons (Fsp3) is 1.00. The largest absolute Gasteiger partial charge is 0.411 e. The van der Waals surface area contributed by atoms with Gasteiger partial charge in [0.2, 0.25) is 0 Å². The molecule has 0 saturated carbocycles. The van der Waals surface area contributed by atoms with E-state index in [1.165, 1.54) is 0 Å². The van der Waals surface area contributed by atoms with E-state index in [0.29, 0.717) is 6.54 Å². The number of nitrogens with one attached hydrogen (secondary N) is 1. The van der Waals surface area contributed by atoms with Crippen molar-refractivity contribution in [1.82, 2.24) is 5.32 Å². The highest BCUT2D eigenvalue weighted by atomic mass is 19.4. The van der Waals surface area contributed by atoms with Gasteiger partial charge in [0.15, 0.2) is 0 Å². The van der Waals surface area contributed by atoms with Crippen molar-refractivity contribution in [2.24, 2.45) is 0 Å². The van der Waals surface area contributed by atoms with Crippen molar-refractivity contribution in [3.8, 4) is 0 Å². The van der Waals surface area contributed by atoms with Crippen LogP contribution in [0.2, 0.25) is 0 Å². The molecule has 0 saturated heterocycles. The van der Waals surface area contributed by atoms with Crippen LogP contribution < -0.4 is 5.32 Å². The lowest BCUT2D eigenvalue weighted by Gasteiger charge is -2.07. The van der Waals surface area contributed by atoms with Crippen LogP contribution in [0.1, 0.15) is 19.8 Å². The van der Waals surface area contributed by atoms with Crippen molar-refractivity contribution in [3.63, 3.8) is 0 Å². The first kappa shape index (κ1) is 12.7. The van der Waals surface area contributed by atoms with Crippen LogP contribution >= 0.6 is 0 Å². The molecular weight excluding hydrogens is 183 g/mol. The van der Waals surface area contributed by atoms with Crippen LogP contribution in [0.15, 0.2) is 0 Å². The zero-order chi connectivity index (χ0) is 10.2. The van der Waals surface area contributed by atoms with Gasteiger partial charge in [0.1, 0.15) is 6.61 Å². The minimum Gasteiger partial charge on any atom is -0.371 e. The third kappa shape index (κ3) is 11.7. The summed E-state index contributed by atoms with van der Waals surface area (Å²) < 4.78 is 39.0. The summed E-state index contributed by atoms with van der Waals surface area (Å²) in [5, 5.41) is 2.98. The third-order valence-corrected chi connectivity index (χ3v) is 1.40. The molecule has 13 heavy (non-hydrogen) atoms. The highest BCUT2D eigenvalue weighted by molar-refractivity contribution is 4.48. The van der Waals surface area contributed by atoms with Gasteiger partial charge in [-0.25, -0.2) is 0 Å². The molecule has 0 rings (SSSR count). The fourth-order valence-corrected chi connectivity index (χ4v) is 0.759. The number of unbranched alkanes of at least 4 members (excludes halogenated alkanes) is 1. The van der Waals surface area contributed by atoms with Gasteiger partial charge < -0.3 is 10.1 Å². The van der Waals surface area contributed by atoms with Gasteiger partial charge in [-0.2, -0.15) is 13.2 Å². The number of hydrogen-bond donors (Lipinski definition) is 1. The average molecular weight is 199 g/mol. The van der Waals surface area contributed by atoms with E-state index in [4.69, 9.17) is 0 Å². The fourth-order valence-electron chi connectivity index (χ4n) is 0.759. The Labute approximate surface area is 76.5 Å². The molecule has 0 aromatic carbocycles. The molecule has 5 heteroatoms. The van der Waals surface area contributed by atoms with Gasteiger partial charge in [-0.1, -0.05) is 13.3 Å². The Morgan fingerprint density at radius 3 is 2.46 bits per heavy atom. The third-order valence-electron chi connectivity index (χ3n) is 1.40. The van der Waals surface area contributed by atoms with Crippen molar-refractivity contribution in [2.45, 2.75) is 25.9 Å². The van der Waals surface area contributed by atoms with Gasteiger partial charge in [-0.05, 0) is 13.0 Å². The van der Waals surface area contributed by atoms with E-state index in [1.54, 1.807) is 0 Å². The van der Waals surface area contributed by atoms with Gasteiger partial charge in [0, 0.05) is 6.54 Å². The number of alkyl halides is 3. The monoisotopic (exact) mass is 199 g/mol. The zero-order valence-electron chi connectivity index (χ0n) is 7.78. The molecule has 0 aliphatic rings. The second-order valence-electron chi connectivity index (χ2n) is 2.77. The first-order chi connectivity index (χ1) is 6.06. The highest BCUT2D eigenvalue weighted by Crippen LogP contribution is 2.13. The lowest BCUT2D eigenvalue weighted by molar-refractivity contribution is -0.173. The van der Waals surface area contributed by atoms with E-state index >= 15 is 0 Å². The summed E-state index contributed by atoms with van der Waals surface area (Å²) >= 11 is 0. The molecule has 1 N–H and O–H groups in total. The molecule has 0 atom stereocenters. The molecular formula is C8H16F3NO. The van der Waals surface area contributed by atoms with Crippen LogP contribution in [-0.4, -0.2) is 32.5 Å². The topological polar surface area (TPSA) is 21.3 Å². The first-order valence-corrected chi connectivity index (χ1v) is 4.41. The summed E-state index contributed by atoms with van der Waals surface area (Å²) in [6, 6.07) is 0. The maximum absolute atomic E-state index is 11.5. The molecule has 0 unspecified atom stereocenters. The Morgan fingerprint density at radius 2 is 1.92 bits per heavy atom. The Kier molecular flexibility index (Phi) is 6.99. The van der Waals surface area contributed by atoms with E-state index in [0.717, 1.165) is 19.4 Å². The van der Waals surface area contributed by atoms with Gasteiger partial charge in [0.05, 0.1) is 6.61 Å². The number of ether oxygens (including phenoxy) is 1. The van der Waals surface area contributed by atoms with Crippen LogP contribution in [0.3, 0.4) is 0 Å². The minimum absolute atomic E-state index is 0.114. The Bertz CT molecular complexity index is 116. The smallest absolute Gasteiger partial charge is 0.371 e. The SMILES string of the molecule is CCCCNCCOCC(F)(F)F. The van der Waals surface area contributed by atoms with Crippen LogP contribution in [-0.2, 0) is 4.74 Å². The van der Waals surface area contributed by atoms with Crippen molar-refractivity contribution >= 4 is 0 Å². The van der Waals surface area contributed by atoms with Crippen molar-refractivity contribution in [1.29, 1.82) is 0 Å². The van der Waals surface area contributed by atoms with Gasteiger partial charge in [-0.15, -0.1) is 0 Å². The Morgan fingerprint density at radius 1 is 1.23 bits per heavy atom. The number of halogens is 3. The van der Waals surface area contributed by atoms with Crippen molar-refractivity contribution in [2.75, 3.05) is 26.3 Å². The molecule has 80 valence electrons. The maximum Gasteiger partial charge on any atom is 0.411 e. The normalized spacial score (nSPS) is 12.0. The lowest BCUT2D eigenvalue weighted by Crippen LogP contribution is -2.24. The van der Waals surface area contributed by atoms with Gasteiger partial charge in [0.25, 0.3) is 0 Å². The van der Waals surface area contributed by atoms with Crippen LogP contribution in [0.4, 0.5) is 13.2 Å². The standard InChI is InChI=1S/C8H16F3NO/c1-2-3-4-12-5-6-13-7-8(9,10)11/h12H,2-7H2,1H3. The summed E-state index contributed by atoms with van der Waals surface area (Å²) in [5.41, 5.74) is 0. The Hall–Kier alpha value is -0.290. The molecule has 0 radical (unpaired) electrons. The quantitative estimate of drug-likeness (QED) is 0.633. The summed E-state index contributed by atoms with van der Waals surface area (Å²) in [5.74, 6) is 0.